The Kier molecular flexibility index (Phi) is 5.49. The summed E-state index contributed by atoms with van der Waals surface area (Å²) >= 11 is 0. The molecule has 2 N–H and O–H groups in total. The second-order valence-corrected chi connectivity index (χ2v) is 5.79. The van der Waals surface area contributed by atoms with Crippen LogP contribution in [0.2, 0.25) is 0 Å². The molecule has 0 saturated heterocycles. The molecule has 0 radical (unpaired) electrons. The first-order chi connectivity index (χ1) is 12.7. The summed E-state index contributed by atoms with van der Waals surface area (Å²) in [5.41, 5.74) is 3.82. The highest BCUT2D eigenvalue weighted by Gasteiger charge is 2.10. The van der Waals surface area contributed by atoms with Gasteiger partial charge >= 0.3 is 0 Å². The van der Waals surface area contributed by atoms with Gasteiger partial charge in [-0.2, -0.15) is 0 Å². The van der Waals surface area contributed by atoms with E-state index >= 15 is 0 Å². The van der Waals surface area contributed by atoms with Gasteiger partial charge in [0.15, 0.2) is 0 Å². The lowest BCUT2D eigenvalue weighted by molar-refractivity contribution is 0.102. The zero-order chi connectivity index (χ0) is 18.4. The molecule has 0 atom stereocenters. The Morgan fingerprint density at radius 2 is 1.77 bits per heavy atom. The number of hydrogen-bond donors (Lipinski definition) is 2. The Morgan fingerprint density at radius 1 is 1.04 bits per heavy atom. The van der Waals surface area contributed by atoms with E-state index in [9.17, 15) is 4.79 Å². The minimum atomic E-state index is -0.200. The van der Waals surface area contributed by atoms with Crippen LogP contribution in [0.4, 0.5) is 17.1 Å². The largest absolute Gasteiger partial charge is 0.492 e. The number of ether oxygens (including phenoxy) is 1. The van der Waals surface area contributed by atoms with Crippen molar-refractivity contribution >= 4 is 23.0 Å². The van der Waals surface area contributed by atoms with E-state index in [2.05, 4.69) is 15.6 Å². The van der Waals surface area contributed by atoms with E-state index in [-0.39, 0.29) is 5.91 Å². The summed E-state index contributed by atoms with van der Waals surface area (Å²) in [6.45, 7) is 4.47. The fraction of sp³-hybridized carbons (Fsp3) is 0.143. The Balaban J connectivity index is 1.78. The Labute approximate surface area is 153 Å². The molecule has 0 spiro atoms. The van der Waals surface area contributed by atoms with Crippen LogP contribution < -0.4 is 15.4 Å². The summed E-state index contributed by atoms with van der Waals surface area (Å²) in [5.74, 6) is 0.554. The molecule has 2 aromatic carbocycles. The van der Waals surface area contributed by atoms with E-state index in [1.807, 2.05) is 62.4 Å². The van der Waals surface area contributed by atoms with Gasteiger partial charge in [-0.25, -0.2) is 0 Å². The van der Waals surface area contributed by atoms with Crippen LogP contribution in [0, 0.1) is 6.92 Å². The van der Waals surface area contributed by atoms with Gasteiger partial charge in [0.25, 0.3) is 5.91 Å². The molecule has 0 bridgehead atoms. The first-order valence-corrected chi connectivity index (χ1v) is 8.48. The van der Waals surface area contributed by atoms with Crippen molar-refractivity contribution in [2.24, 2.45) is 0 Å². The van der Waals surface area contributed by atoms with Crippen LogP contribution in [-0.2, 0) is 0 Å². The lowest BCUT2D eigenvalue weighted by atomic mass is 10.2. The molecule has 0 fully saturated rings. The van der Waals surface area contributed by atoms with Crippen molar-refractivity contribution in [1.29, 1.82) is 0 Å². The van der Waals surface area contributed by atoms with Crippen LogP contribution in [0.15, 0.2) is 67.0 Å². The van der Waals surface area contributed by atoms with Crippen LogP contribution in [0.1, 0.15) is 22.8 Å². The maximum atomic E-state index is 12.5. The summed E-state index contributed by atoms with van der Waals surface area (Å²) in [4.78, 5) is 16.7. The average Bonchev–Trinajstić information content (AvgIpc) is 2.66. The summed E-state index contributed by atoms with van der Waals surface area (Å²) in [6.07, 6.45) is 3.22. The third-order valence-corrected chi connectivity index (χ3v) is 3.86. The number of carbonyl (C=O) groups excluding carboxylic acids is 1. The lowest BCUT2D eigenvalue weighted by Gasteiger charge is -2.13. The number of pyridine rings is 1. The standard InChI is InChI=1S/C21H21N3O2/c1-3-26-20-11-7-6-10-19(20)23-17-12-16(13-22-14-17)21(25)24-18-9-5-4-8-15(18)2/h4-14,23H,3H2,1-2H3,(H,24,25). The van der Waals surface area contributed by atoms with Crippen LogP contribution in [-0.4, -0.2) is 17.5 Å². The quantitative estimate of drug-likeness (QED) is 0.673. The van der Waals surface area contributed by atoms with E-state index in [0.717, 1.165) is 28.4 Å². The number of nitrogens with one attached hydrogen (secondary N) is 2. The monoisotopic (exact) mass is 347 g/mol. The molecule has 3 rings (SSSR count). The predicted octanol–water partition coefficient (Wildman–Crippen LogP) is 4.78. The van der Waals surface area contributed by atoms with E-state index < -0.39 is 0 Å². The highest BCUT2D eigenvalue weighted by molar-refractivity contribution is 6.05. The van der Waals surface area contributed by atoms with Crippen molar-refractivity contribution < 1.29 is 9.53 Å². The normalized spacial score (nSPS) is 10.2. The van der Waals surface area contributed by atoms with Crippen molar-refractivity contribution in [2.45, 2.75) is 13.8 Å². The van der Waals surface area contributed by atoms with Crippen LogP contribution in [0.25, 0.3) is 0 Å². The zero-order valence-electron chi connectivity index (χ0n) is 14.8. The Bertz CT molecular complexity index is 909. The van der Waals surface area contributed by atoms with Crippen molar-refractivity contribution in [3.8, 4) is 5.75 Å². The molecule has 0 saturated carbocycles. The third-order valence-electron chi connectivity index (χ3n) is 3.86. The maximum Gasteiger partial charge on any atom is 0.257 e. The van der Waals surface area contributed by atoms with E-state index in [1.165, 1.54) is 0 Å². The number of hydrogen-bond acceptors (Lipinski definition) is 4. The molecular formula is C21H21N3O2. The molecule has 1 aromatic heterocycles. The average molecular weight is 347 g/mol. The molecule has 1 heterocycles. The molecule has 5 heteroatoms. The van der Waals surface area contributed by atoms with Gasteiger partial charge in [-0.1, -0.05) is 30.3 Å². The molecule has 0 aliphatic heterocycles. The van der Waals surface area contributed by atoms with Crippen LogP contribution in [0.3, 0.4) is 0 Å². The molecule has 5 nitrogen and oxygen atoms in total. The van der Waals surface area contributed by atoms with Crippen molar-refractivity contribution in [3.63, 3.8) is 0 Å². The fourth-order valence-corrected chi connectivity index (χ4v) is 2.55. The van der Waals surface area contributed by atoms with Gasteiger partial charge in [0, 0.05) is 11.9 Å². The Hall–Kier alpha value is -3.34. The number of carbonyl (C=O) groups is 1. The van der Waals surface area contributed by atoms with Crippen LogP contribution >= 0.6 is 0 Å². The number of rotatable bonds is 6. The van der Waals surface area contributed by atoms with Gasteiger partial charge < -0.3 is 15.4 Å². The third kappa shape index (κ3) is 4.19. The number of anilines is 3. The molecule has 0 aliphatic carbocycles. The summed E-state index contributed by atoms with van der Waals surface area (Å²) in [7, 11) is 0. The first-order valence-electron chi connectivity index (χ1n) is 8.48. The number of aromatic nitrogens is 1. The van der Waals surface area contributed by atoms with Gasteiger partial charge in [-0.3, -0.25) is 9.78 Å². The SMILES string of the molecule is CCOc1ccccc1Nc1cncc(C(=O)Nc2ccccc2C)c1. The van der Waals surface area contributed by atoms with Gasteiger partial charge in [0.05, 0.1) is 29.7 Å². The molecule has 1 amide bonds. The number of amides is 1. The maximum absolute atomic E-state index is 12.5. The van der Waals surface area contributed by atoms with E-state index in [4.69, 9.17) is 4.74 Å². The molecule has 26 heavy (non-hydrogen) atoms. The van der Waals surface area contributed by atoms with Crippen molar-refractivity contribution in [3.05, 3.63) is 78.1 Å². The summed E-state index contributed by atoms with van der Waals surface area (Å²) < 4.78 is 5.62. The van der Waals surface area contributed by atoms with Gasteiger partial charge in [-0.15, -0.1) is 0 Å². The fourth-order valence-electron chi connectivity index (χ4n) is 2.55. The summed E-state index contributed by atoms with van der Waals surface area (Å²) in [5, 5.41) is 6.18. The Morgan fingerprint density at radius 3 is 2.54 bits per heavy atom. The van der Waals surface area contributed by atoms with E-state index in [1.54, 1.807) is 18.5 Å². The van der Waals surface area contributed by atoms with Crippen molar-refractivity contribution in [1.82, 2.24) is 4.98 Å². The topological polar surface area (TPSA) is 63.2 Å². The molecule has 3 aromatic rings. The number of benzene rings is 2. The van der Waals surface area contributed by atoms with E-state index in [0.29, 0.717) is 12.2 Å². The molecular weight excluding hydrogens is 326 g/mol. The lowest BCUT2D eigenvalue weighted by Crippen LogP contribution is -2.13. The minimum absolute atomic E-state index is 0.200. The molecule has 0 aliphatic rings. The van der Waals surface area contributed by atoms with Gasteiger partial charge in [0.1, 0.15) is 5.75 Å². The van der Waals surface area contributed by atoms with Crippen LogP contribution in [0.5, 0.6) is 5.75 Å². The number of nitrogens with zero attached hydrogens (tertiary/aromatic N) is 1. The summed E-state index contributed by atoms with van der Waals surface area (Å²) in [6, 6.07) is 17.1. The first kappa shape index (κ1) is 17.5. The van der Waals surface area contributed by atoms with Gasteiger partial charge in [0.2, 0.25) is 0 Å². The zero-order valence-corrected chi connectivity index (χ0v) is 14.8. The minimum Gasteiger partial charge on any atom is -0.492 e. The van der Waals surface area contributed by atoms with Crippen molar-refractivity contribution in [2.75, 3.05) is 17.2 Å². The predicted molar refractivity (Wildman–Crippen MR) is 104 cm³/mol. The second-order valence-electron chi connectivity index (χ2n) is 5.79. The number of para-hydroxylation sites is 3. The number of aryl methyl sites for hydroxylation is 1. The van der Waals surface area contributed by atoms with Gasteiger partial charge in [-0.05, 0) is 43.7 Å². The highest BCUT2D eigenvalue weighted by atomic mass is 16.5. The smallest absolute Gasteiger partial charge is 0.257 e. The molecule has 132 valence electrons. The second kappa shape index (κ2) is 8.16. The molecule has 0 unspecified atom stereocenters. The highest BCUT2D eigenvalue weighted by Crippen LogP contribution is 2.27.